The maximum Gasteiger partial charge on any atom is 0.306 e. The summed E-state index contributed by atoms with van der Waals surface area (Å²) < 4.78 is 5.10. The van der Waals surface area contributed by atoms with Crippen LogP contribution in [0.1, 0.15) is 17.7 Å². The first-order valence-electron chi connectivity index (χ1n) is 6.94. The number of benzene rings is 1. The summed E-state index contributed by atoms with van der Waals surface area (Å²) in [5.74, 6) is -0.388. The van der Waals surface area contributed by atoms with Gasteiger partial charge in [-0.05, 0) is 49.1 Å². The molecule has 0 spiro atoms. The molecule has 4 nitrogen and oxygen atoms in total. The van der Waals surface area contributed by atoms with Gasteiger partial charge in [-0.3, -0.25) is 9.78 Å². The summed E-state index contributed by atoms with van der Waals surface area (Å²) in [5.41, 5.74) is 1.93. The lowest BCUT2D eigenvalue weighted by Gasteiger charge is -2.12. The molecule has 1 unspecified atom stereocenters. The van der Waals surface area contributed by atoms with Gasteiger partial charge in [0.05, 0.1) is 13.0 Å². The van der Waals surface area contributed by atoms with Crippen LogP contribution in [0.25, 0.3) is 0 Å². The number of methoxy groups -OCH3 is 1. The van der Waals surface area contributed by atoms with Gasteiger partial charge in [0, 0.05) is 11.9 Å². The lowest BCUT2D eigenvalue weighted by atomic mass is 9.94. The Morgan fingerprint density at radius 3 is 2.57 bits per heavy atom. The number of aliphatic carboxylic acids is 1. The molecule has 0 aliphatic carbocycles. The molecule has 0 aliphatic heterocycles. The number of aryl methyl sites for hydroxylation is 1. The highest BCUT2D eigenvalue weighted by Crippen LogP contribution is 2.18. The molecule has 2 rings (SSSR count). The highest BCUT2D eigenvalue weighted by molar-refractivity contribution is 5.70. The Labute approximate surface area is 124 Å². The van der Waals surface area contributed by atoms with Crippen LogP contribution in [0.2, 0.25) is 0 Å². The molecular formula is C17H19NO3. The number of hydrogen-bond donors (Lipinski definition) is 1. The first-order chi connectivity index (χ1) is 10.2. The van der Waals surface area contributed by atoms with Crippen LogP contribution in [0.3, 0.4) is 0 Å². The van der Waals surface area contributed by atoms with Crippen molar-refractivity contribution >= 4 is 5.97 Å². The molecule has 1 aromatic carbocycles. The third-order valence-electron chi connectivity index (χ3n) is 3.47. The summed E-state index contributed by atoms with van der Waals surface area (Å²) in [5, 5.41) is 9.37. The van der Waals surface area contributed by atoms with Crippen molar-refractivity contribution < 1.29 is 14.6 Å². The van der Waals surface area contributed by atoms with Gasteiger partial charge in [-0.15, -0.1) is 0 Å². The maximum atomic E-state index is 11.4. The first-order valence-corrected chi connectivity index (χ1v) is 6.94. The van der Waals surface area contributed by atoms with Crippen LogP contribution in [0.4, 0.5) is 0 Å². The lowest BCUT2D eigenvalue weighted by molar-refractivity contribution is -0.141. The van der Waals surface area contributed by atoms with Gasteiger partial charge in [0.15, 0.2) is 0 Å². The van der Waals surface area contributed by atoms with Gasteiger partial charge in [0.25, 0.3) is 0 Å². The van der Waals surface area contributed by atoms with Crippen molar-refractivity contribution in [3.63, 3.8) is 0 Å². The van der Waals surface area contributed by atoms with Gasteiger partial charge >= 0.3 is 5.97 Å². The van der Waals surface area contributed by atoms with E-state index < -0.39 is 11.9 Å². The van der Waals surface area contributed by atoms with E-state index in [1.54, 1.807) is 13.3 Å². The van der Waals surface area contributed by atoms with Gasteiger partial charge in [-0.2, -0.15) is 0 Å². The number of nitrogens with zero attached hydrogens (tertiary/aromatic N) is 1. The van der Waals surface area contributed by atoms with E-state index in [9.17, 15) is 9.90 Å². The standard InChI is InChI=1S/C17H19NO3/c1-21-16-9-5-13(6-10-16)12-14(17(19)20)7-8-15-4-2-3-11-18-15/h2-6,9-11,14H,7-8,12H2,1H3,(H,19,20). The van der Waals surface area contributed by atoms with Crippen molar-refractivity contribution in [2.45, 2.75) is 19.3 Å². The average Bonchev–Trinajstić information content (AvgIpc) is 2.52. The summed E-state index contributed by atoms with van der Waals surface area (Å²) >= 11 is 0. The topological polar surface area (TPSA) is 59.4 Å². The molecular weight excluding hydrogens is 266 g/mol. The van der Waals surface area contributed by atoms with Gasteiger partial charge < -0.3 is 9.84 Å². The largest absolute Gasteiger partial charge is 0.497 e. The fraction of sp³-hybridized carbons (Fsp3) is 0.294. The van der Waals surface area contributed by atoms with E-state index in [-0.39, 0.29) is 0 Å². The van der Waals surface area contributed by atoms with Crippen LogP contribution in [-0.4, -0.2) is 23.2 Å². The molecule has 0 bridgehead atoms. The van der Waals surface area contributed by atoms with Gasteiger partial charge in [-0.1, -0.05) is 18.2 Å². The molecule has 1 N–H and O–H groups in total. The van der Waals surface area contributed by atoms with Gasteiger partial charge in [-0.25, -0.2) is 0 Å². The molecule has 21 heavy (non-hydrogen) atoms. The van der Waals surface area contributed by atoms with E-state index in [2.05, 4.69) is 4.98 Å². The van der Waals surface area contributed by atoms with Crippen LogP contribution in [-0.2, 0) is 17.6 Å². The Morgan fingerprint density at radius 1 is 1.24 bits per heavy atom. The fourth-order valence-electron chi connectivity index (χ4n) is 2.23. The number of pyridine rings is 1. The monoisotopic (exact) mass is 285 g/mol. The molecule has 0 fully saturated rings. The second-order valence-corrected chi connectivity index (χ2v) is 4.95. The number of hydrogen-bond acceptors (Lipinski definition) is 3. The zero-order chi connectivity index (χ0) is 15.1. The molecule has 110 valence electrons. The Hall–Kier alpha value is -2.36. The second-order valence-electron chi connectivity index (χ2n) is 4.95. The minimum absolute atomic E-state index is 0.402. The van der Waals surface area contributed by atoms with E-state index in [1.807, 2.05) is 42.5 Å². The molecule has 0 amide bonds. The van der Waals surface area contributed by atoms with Crippen molar-refractivity contribution in [3.8, 4) is 5.75 Å². The van der Waals surface area contributed by atoms with Crippen molar-refractivity contribution in [1.29, 1.82) is 0 Å². The Morgan fingerprint density at radius 2 is 2.00 bits per heavy atom. The fourth-order valence-corrected chi connectivity index (χ4v) is 2.23. The highest BCUT2D eigenvalue weighted by Gasteiger charge is 2.18. The van der Waals surface area contributed by atoms with Crippen molar-refractivity contribution in [3.05, 3.63) is 59.9 Å². The molecule has 0 aliphatic rings. The van der Waals surface area contributed by atoms with Crippen LogP contribution in [0.15, 0.2) is 48.7 Å². The first kappa shape index (κ1) is 15.0. The SMILES string of the molecule is COc1ccc(CC(CCc2ccccn2)C(=O)O)cc1. The Kier molecular flexibility index (Phi) is 5.32. The number of ether oxygens (including phenoxy) is 1. The molecule has 0 radical (unpaired) electrons. The molecule has 4 heteroatoms. The van der Waals surface area contributed by atoms with E-state index in [0.717, 1.165) is 17.0 Å². The molecule has 2 aromatic rings. The summed E-state index contributed by atoms with van der Waals surface area (Å²) in [6, 6.07) is 13.2. The Balaban J connectivity index is 1.96. The molecule has 0 saturated carbocycles. The molecule has 1 atom stereocenters. The van der Waals surface area contributed by atoms with E-state index in [0.29, 0.717) is 19.3 Å². The van der Waals surface area contributed by atoms with Crippen LogP contribution < -0.4 is 4.74 Å². The van der Waals surface area contributed by atoms with Crippen molar-refractivity contribution in [1.82, 2.24) is 4.98 Å². The zero-order valence-electron chi connectivity index (χ0n) is 12.0. The molecule has 1 heterocycles. The number of carbonyl (C=O) groups is 1. The zero-order valence-corrected chi connectivity index (χ0v) is 12.0. The van der Waals surface area contributed by atoms with E-state index in [1.165, 1.54) is 0 Å². The summed E-state index contributed by atoms with van der Waals surface area (Å²) in [6.07, 6.45) is 3.51. The predicted octanol–water partition coefficient (Wildman–Crippen LogP) is 2.97. The van der Waals surface area contributed by atoms with Crippen molar-refractivity contribution in [2.75, 3.05) is 7.11 Å². The molecule has 1 aromatic heterocycles. The van der Waals surface area contributed by atoms with Crippen LogP contribution >= 0.6 is 0 Å². The second kappa shape index (κ2) is 7.43. The number of rotatable bonds is 7. The highest BCUT2D eigenvalue weighted by atomic mass is 16.5. The lowest BCUT2D eigenvalue weighted by Crippen LogP contribution is -2.17. The normalized spacial score (nSPS) is 11.9. The number of carboxylic acid groups (broad SMARTS) is 1. The smallest absolute Gasteiger partial charge is 0.306 e. The van der Waals surface area contributed by atoms with Crippen LogP contribution in [0, 0.1) is 5.92 Å². The van der Waals surface area contributed by atoms with E-state index in [4.69, 9.17) is 4.74 Å². The van der Waals surface area contributed by atoms with Crippen molar-refractivity contribution in [2.24, 2.45) is 5.92 Å². The quantitative estimate of drug-likeness (QED) is 0.849. The number of carboxylic acids is 1. The summed E-state index contributed by atoms with van der Waals surface area (Å²) in [6.45, 7) is 0. The van der Waals surface area contributed by atoms with Gasteiger partial charge in [0.1, 0.15) is 5.75 Å². The third-order valence-corrected chi connectivity index (χ3v) is 3.47. The Bertz CT molecular complexity index is 566. The van der Waals surface area contributed by atoms with Gasteiger partial charge in [0.2, 0.25) is 0 Å². The average molecular weight is 285 g/mol. The minimum Gasteiger partial charge on any atom is -0.497 e. The maximum absolute atomic E-state index is 11.4. The van der Waals surface area contributed by atoms with E-state index >= 15 is 0 Å². The minimum atomic E-state index is -0.762. The number of aromatic nitrogens is 1. The summed E-state index contributed by atoms with van der Waals surface area (Å²) in [7, 11) is 1.61. The summed E-state index contributed by atoms with van der Waals surface area (Å²) in [4.78, 5) is 15.6. The molecule has 0 saturated heterocycles. The predicted molar refractivity (Wildman–Crippen MR) is 80.4 cm³/mol. The van der Waals surface area contributed by atoms with Crippen LogP contribution in [0.5, 0.6) is 5.75 Å². The third kappa shape index (κ3) is 4.60.